The van der Waals surface area contributed by atoms with Gasteiger partial charge in [-0.3, -0.25) is 0 Å². The van der Waals surface area contributed by atoms with Crippen molar-refractivity contribution in [2.45, 2.75) is 6.92 Å². The molecule has 1 heterocycles. The Balaban J connectivity index is 2.64. The predicted molar refractivity (Wildman–Crippen MR) is 64.3 cm³/mol. The van der Waals surface area contributed by atoms with Crippen LogP contribution in [0, 0.1) is 6.92 Å². The summed E-state index contributed by atoms with van der Waals surface area (Å²) in [5.74, 6) is 0.288. The van der Waals surface area contributed by atoms with Crippen LogP contribution in [0.5, 0.6) is 0 Å². The number of rotatable bonds is 1. The van der Waals surface area contributed by atoms with Gasteiger partial charge in [-0.2, -0.15) is 0 Å². The monoisotopic (exact) mass is 263 g/mol. The number of benzene rings is 1. The summed E-state index contributed by atoms with van der Waals surface area (Å²) in [5.41, 5.74) is 8.64. The van der Waals surface area contributed by atoms with Crippen LogP contribution in [-0.4, -0.2) is 9.97 Å². The predicted octanol–water partition coefficient (Wildman–Crippen LogP) is 2.80. The fourth-order valence-corrected chi connectivity index (χ4v) is 1.81. The lowest BCUT2D eigenvalue weighted by molar-refractivity contribution is 1.17. The van der Waals surface area contributed by atoms with Gasteiger partial charge in [-0.15, -0.1) is 0 Å². The van der Waals surface area contributed by atoms with E-state index in [-0.39, 0.29) is 5.95 Å². The van der Waals surface area contributed by atoms with Crippen molar-refractivity contribution in [1.29, 1.82) is 0 Å². The highest BCUT2D eigenvalue weighted by Gasteiger charge is 2.07. The smallest absolute Gasteiger partial charge is 0.220 e. The van der Waals surface area contributed by atoms with Gasteiger partial charge >= 0.3 is 0 Å². The van der Waals surface area contributed by atoms with Crippen molar-refractivity contribution in [3.63, 3.8) is 0 Å². The van der Waals surface area contributed by atoms with Crippen LogP contribution >= 0.6 is 15.9 Å². The fourth-order valence-electron chi connectivity index (χ4n) is 1.41. The third-order valence-corrected chi connectivity index (χ3v) is 2.74. The Bertz CT molecular complexity index is 497. The van der Waals surface area contributed by atoms with Crippen molar-refractivity contribution in [3.8, 4) is 11.3 Å². The molecule has 76 valence electrons. The summed E-state index contributed by atoms with van der Waals surface area (Å²) in [6.07, 6.45) is 1.67. The molecule has 4 heteroatoms. The van der Waals surface area contributed by atoms with Crippen molar-refractivity contribution in [3.05, 3.63) is 40.5 Å². The summed E-state index contributed by atoms with van der Waals surface area (Å²) in [4.78, 5) is 8.14. The van der Waals surface area contributed by atoms with Crippen molar-refractivity contribution < 1.29 is 0 Å². The molecule has 0 saturated carbocycles. The number of halogens is 1. The Morgan fingerprint density at radius 1 is 1.27 bits per heavy atom. The topological polar surface area (TPSA) is 51.8 Å². The lowest BCUT2D eigenvalue weighted by Gasteiger charge is -2.06. The zero-order chi connectivity index (χ0) is 10.8. The first-order valence-corrected chi connectivity index (χ1v) is 5.32. The number of aromatic nitrogens is 2. The van der Waals surface area contributed by atoms with Crippen LogP contribution in [0.25, 0.3) is 11.3 Å². The highest BCUT2D eigenvalue weighted by molar-refractivity contribution is 9.10. The average Bonchev–Trinajstić information content (AvgIpc) is 2.23. The van der Waals surface area contributed by atoms with Crippen LogP contribution < -0.4 is 5.73 Å². The van der Waals surface area contributed by atoms with Gasteiger partial charge in [0.2, 0.25) is 5.95 Å². The van der Waals surface area contributed by atoms with Crippen LogP contribution in [0.4, 0.5) is 5.95 Å². The number of nitrogen functional groups attached to an aromatic ring is 1. The summed E-state index contributed by atoms with van der Waals surface area (Å²) in [7, 11) is 0. The van der Waals surface area contributed by atoms with E-state index in [0.29, 0.717) is 0 Å². The minimum Gasteiger partial charge on any atom is -0.368 e. The molecule has 0 bridgehead atoms. The Labute approximate surface area is 96.5 Å². The first-order valence-electron chi connectivity index (χ1n) is 4.52. The molecule has 0 aliphatic carbocycles. The minimum absolute atomic E-state index is 0.288. The van der Waals surface area contributed by atoms with Crippen LogP contribution in [0.3, 0.4) is 0 Å². The van der Waals surface area contributed by atoms with Gasteiger partial charge in [-0.25, -0.2) is 9.97 Å². The van der Waals surface area contributed by atoms with E-state index in [2.05, 4.69) is 25.9 Å². The van der Waals surface area contributed by atoms with Crippen molar-refractivity contribution in [2.75, 3.05) is 5.73 Å². The van der Waals surface area contributed by atoms with Gasteiger partial charge in [-0.1, -0.05) is 24.3 Å². The molecular weight excluding hydrogens is 254 g/mol. The van der Waals surface area contributed by atoms with Gasteiger partial charge in [0, 0.05) is 11.8 Å². The molecular formula is C11H10BrN3. The quantitative estimate of drug-likeness (QED) is 0.861. The van der Waals surface area contributed by atoms with E-state index in [4.69, 9.17) is 5.73 Å². The van der Waals surface area contributed by atoms with E-state index in [0.717, 1.165) is 21.3 Å². The molecule has 0 unspecified atom stereocenters. The number of nitrogens with two attached hydrogens (primary N) is 1. The molecule has 0 atom stereocenters. The SMILES string of the molecule is Cc1ccccc1-c1nc(N)ncc1Br. The molecule has 0 saturated heterocycles. The number of hydrogen-bond donors (Lipinski definition) is 1. The lowest BCUT2D eigenvalue weighted by atomic mass is 10.1. The number of nitrogens with zero attached hydrogens (tertiary/aromatic N) is 2. The molecule has 1 aromatic carbocycles. The molecule has 0 amide bonds. The molecule has 3 nitrogen and oxygen atoms in total. The third kappa shape index (κ3) is 1.99. The van der Waals surface area contributed by atoms with Gasteiger partial charge < -0.3 is 5.73 Å². The van der Waals surface area contributed by atoms with Crippen molar-refractivity contribution >= 4 is 21.9 Å². The van der Waals surface area contributed by atoms with Crippen LogP contribution in [0.1, 0.15) is 5.56 Å². The molecule has 2 N–H and O–H groups in total. The molecule has 2 rings (SSSR count). The molecule has 0 aliphatic rings. The highest BCUT2D eigenvalue weighted by atomic mass is 79.9. The minimum atomic E-state index is 0.288. The largest absolute Gasteiger partial charge is 0.368 e. The van der Waals surface area contributed by atoms with Crippen molar-refractivity contribution in [2.24, 2.45) is 0 Å². The second kappa shape index (κ2) is 3.98. The van der Waals surface area contributed by atoms with E-state index in [1.165, 1.54) is 0 Å². The van der Waals surface area contributed by atoms with Crippen molar-refractivity contribution in [1.82, 2.24) is 9.97 Å². The van der Waals surface area contributed by atoms with Gasteiger partial charge in [0.15, 0.2) is 0 Å². The molecule has 0 spiro atoms. The van der Waals surface area contributed by atoms with Crippen LogP contribution in [-0.2, 0) is 0 Å². The summed E-state index contributed by atoms with van der Waals surface area (Å²) >= 11 is 3.42. The normalized spacial score (nSPS) is 10.3. The van der Waals surface area contributed by atoms with Gasteiger partial charge in [0.25, 0.3) is 0 Å². The number of aryl methyl sites for hydroxylation is 1. The van der Waals surface area contributed by atoms with E-state index in [1.807, 2.05) is 31.2 Å². The zero-order valence-corrected chi connectivity index (χ0v) is 9.82. The standard InChI is InChI=1S/C11H10BrN3/c1-7-4-2-3-5-8(7)10-9(12)6-14-11(13)15-10/h2-6H,1H3,(H2,13,14,15). The van der Waals surface area contributed by atoms with Gasteiger partial charge in [-0.05, 0) is 28.4 Å². The Morgan fingerprint density at radius 2 is 2.00 bits per heavy atom. The summed E-state index contributed by atoms with van der Waals surface area (Å²) in [6, 6.07) is 8.03. The summed E-state index contributed by atoms with van der Waals surface area (Å²) < 4.78 is 0.853. The molecule has 0 aliphatic heterocycles. The fraction of sp³-hybridized carbons (Fsp3) is 0.0909. The molecule has 15 heavy (non-hydrogen) atoms. The van der Waals surface area contributed by atoms with E-state index >= 15 is 0 Å². The molecule has 1 aromatic heterocycles. The Kier molecular flexibility index (Phi) is 2.68. The van der Waals surface area contributed by atoms with E-state index in [1.54, 1.807) is 6.20 Å². The van der Waals surface area contributed by atoms with Crippen LogP contribution in [0.2, 0.25) is 0 Å². The van der Waals surface area contributed by atoms with E-state index in [9.17, 15) is 0 Å². The molecule has 2 aromatic rings. The first kappa shape index (κ1) is 10.1. The Hall–Kier alpha value is -1.42. The molecule has 0 fully saturated rings. The second-order valence-electron chi connectivity index (χ2n) is 3.24. The average molecular weight is 264 g/mol. The van der Waals surface area contributed by atoms with Crippen LogP contribution in [0.15, 0.2) is 34.9 Å². The van der Waals surface area contributed by atoms with E-state index < -0.39 is 0 Å². The molecule has 0 radical (unpaired) electrons. The lowest BCUT2D eigenvalue weighted by Crippen LogP contribution is -1.97. The Morgan fingerprint density at radius 3 is 2.73 bits per heavy atom. The van der Waals surface area contributed by atoms with Gasteiger partial charge in [0.05, 0.1) is 10.2 Å². The number of anilines is 1. The third-order valence-electron chi connectivity index (χ3n) is 2.16. The summed E-state index contributed by atoms with van der Waals surface area (Å²) in [6.45, 7) is 2.04. The highest BCUT2D eigenvalue weighted by Crippen LogP contribution is 2.28. The second-order valence-corrected chi connectivity index (χ2v) is 4.09. The summed E-state index contributed by atoms with van der Waals surface area (Å²) in [5, 5.41) is 0. The maximum Gasteiger partial charge on any atom is 0.220 e. The van der Waals surface area contributed by atoms with Gasteiger partial charge in [0.1, 0.15) is 0 Å². The number of hydrogen-bond acceptors (Lipinski definition) is 3. The zero-order valence-electron chi connectivity index (χ0n) is 8.24. The first-order chi connectivity index (χ1) is 7.18. The maximum absolute atomic E-state index is 5.57. The maximum atomic E-state index is 5.57.